The van der Waals surface area contributed by atoms with Crippen molar-refractivity contribution in [3.8, 4) is 17.2 Å². The largest absolute Gasteiger partial charge is 0.573 e. The molecule has 17 heavy (non-hydrogen) atoms. The summed E-state index contributed by atoms with van der Waals surface area (Å²) in [6.45, 7) is -3.27. The molecule has 0 aliphatic rings. The zero-order valence-electron chi connectivity index (χ0n) is 8.42. The average Bonchev–Trinajstić information content (AvgIpc) is 2.17. The maximum atomic E-state index is 12.0. The van der Waals surface area contributed by atoms with E-state index in [9.17, 15) is 22.0 Å². The SMILES string of the molecule is COc1ccc(OC(F)(F)F)c(OC(F)F)c1. The second kappa shape index (κ2) is 5.07. The van der Waals surface area contributed by atoms with Gasteiger partial charge >= 0.3 is 13.0 Å². The molecule has 3 nitrogen and oxygen atoms in total. The molecule has 1 rings (SSSR count). The van der Waals surface area contributed by atoms with Crippen molar-refractivity contribution >= 4 is 0 Å². The second-order valence-electron chi connectivity index (χ2n) is 2.74. The quantitative estimate of drug-likeness (QED) is 0.776. The molecular weight excluding hydrogens is 251 g/mol. The Bertz CT molecular complexity index is 377. The van der Waals surface area contributed by atoms with Gasteiger partial charge in [0.2, 0.25) is 0 Å². The van der Waals surface area contributed by atoms with Crippen molar-refractivity contribution in [3.05, 3.63) is 18.2 Å². The van der Waals surface area contributed by atoms with E-state index in [1.165, 1.54) is 7.11 Å². The lowest BCUT2D eigenvalue weighted by molar-refractivity contribution is -0.275. The summed E-state index contributed by atoms with van der Waals surface area (Å²) in [5, 5.41) is 0. The molecule has 0 fully saturated rings. The summed E-state index contributed by atoms with van der Waals surface area (Å²) in [5.74, 6) is -1.55. The predicted molar refractivity (Wildman–Crippen MR) is 46.3 cm³/mol. The van der Waals surface area contributed by atoms with Crippen LogP contribution < -0.4 is 14.2 Å². The number of alkyl halides is 5. The minimum atomic E-state index is -4.99. The summed E-state index contributed by atoms with van der Waals surface area (Å²) in [4.78, 5) is 0. The van der Waals surface area contributed by atoms with E-state index in [4.69, 9.17) is 0 Å². The van der Waals surface area contributed by atoms with Gasteiger partial charge in [-0.3, -0.25) is 0 Å². The molecule has 0 heterocycles. The molecule has 0 N–H and O–H groups in total. The van der Waals surface area contributed by atoms with Crippen molar-refractivity contribution in [2.75, 3.05) is 7.11 Å². The molecule has 0 radical (unpaired) electrons. The molecule has 0 saturated carbocycles. The lowest BCUT2D eigenvalue weighted by atomic mass is 10.3. The minimum Gasteiger partial charge on any atom is -0.497 e. The van der Waals surface area contributed by atoms with Crippen molar-refractivity contribution in [1.82, 2.24) is 0 Å². The fourth-order valence-corrected chi connectivity index (χ4v) is 1.01. The fourth-order valence-electron chi connectivity index (χ4n) is 1.01. The number of hydrogen-bond donors (Lipinski definition) is 0. The highest BCUT2D eigenvalue weighted by atomic mass is 19.4. The molecule has 96 valence electrons. The zero-order valence-corrected chi connectivity index (χ0v) is 8.42. The first-order chi connectivity index (χ1) is 7.81. The predicted octanol–water partition coefficient (Wildman–Crippen LogP) is 3.20. The Morgan fingerprint density at radius 2 is 1.76 bits per heavy atom. The van der Waals surface area contributed by atoms with Gasteiger partial charge in [0.25, 0.3) is 0 Å². The first kappa shape index (κ1) is 13.3. The van der Waals surface area contributed by atoms with Crippen LogP contribution in [0.3, 0.4) is 0 Å². The summed E-state index contributed by atoms with van der Waals surface area (Å²) in [5.41, 5.74) is 0. The third kappa shape index (κ3) is 4.33. The summed E-state index contributed by atoms with van der Waals surface area (Å²) < 4.78 is 71.8. The van der Waals surface area contributed by atoms with Crippen molar-refractivity contribution in [2.45, 2.75) is 13.0 Å². The molecule has 0 aromatic heterocycles. The van der Waals surface area contributed by atoms with E-state index in [2.05, 4.69) is 14.2 Å². The molecule has 0 amide bonds. The van der Waals surface area contributed by atoms with Gasteiger partial charge in [0, 0.05) is 6.07 Å². The monoisotopic (exact) mass is 258 g/mol. The summed E-state index contributed by atoms with van der Waals surface area (Å²) >= 11 is 0. The third-order valence-corrected chi connectivity index (χ3v) is 1.59. The van der Waals surface area contributed by atoms with E-state index in [0.29, 0.717) is 0 Å². The fraction of sp³-hybridized carbons (Fsp3) is 0.333. The number of benzene rings is 1. The molecule has 0 aliphatic carbocycles. The average molecular weight is 258 g/mol. The van der Waals surface area contributed by atoms with Crippen LogP contribution in [0.5, 0.6) is 17.2 Å². The van der Waals surface area contributed by atoms with Gasteiger partial charge in [0.1, 0.15) is 5.75 Å². The van der Waals surface area contributed by atoms with Crippen molar-refractivity contribution in [2.24, 2.45) is 0 Å². The van der Waals surface area contributed by atoms with Crippen LogP contribution in [0, 0.1) is 0 Å². The van der Waals surface area contributed by atoms with Crippen LogP contribution in [0.1, 0.15) is 0 Å². The Balaban J connectivity index is 3.02. The van der Waals surface area contributed by atoms with Crippen LogP contribution in [-0.2, 0) is 0 Å². The number of hydrogen-bond acceptors (Lipinski definition) is 3. The van der Waals surface area contributed by atoms with Gasteiger partial charge in [-0.05, 0) is 12.1 Å². The standard InChI is InChI=1S/C9H7F5O3/c1-15-5-2-3-6(17-9(12,13)14)7(4-5)16-8(10)11/h2-4,8H,1H3. The highest BCUT2D eigenvalue weighted by molar-refractivity contribution is 5.45. The van der Waals surface area contributed by atoms with E-state index >= 15 is 0 Å². The Kier molecular flexibility index (Phi) is 3.97. The summed E-state index contributed by atoms with van der Waals surface area (Å²) in [6.07, 6.45) is -4.99. The van der Waals surface area contributed by atoms with Crippen LogP contribution in [0.4, 0.5) is 22.0 Å². The summed E-state index contributed by atoms with van der Waals surface area (Å²) in [7, 11) is 1.23. The van der Waals surface area contributed by atoms with Crippen molar-refractivity contribution < 1.29 is 36.2 Å². The Labute approximate surface area is 92.7 Å². The number of halogens is 5. The van der Waals surface area contributed by atoms with Crippen LogP contribution >= 0.6 is 0 Å². The van der Waals surface area contributed by atoms with E-state index in [1.807, 2.05) is 0 Å². The van der Waals surface area contributed by atoms with Crippen LogP contribution in [0.2, 0.25) is 0 Å². The van der Waals surface area contributed by atoms with E-state index in [0.717, 1.165) is 18.2 Å². The van der Waals surface area contributed by atoms with Gasteiger partial charge < -0.3 is 14.2 Å². The Hall–Kier alpha value is -1.73. The molecule has 0 spiro atoms. The van der Waals surface area contributed by atoms with Crippen LogP contribution in [0.15, 0.2) is 18.2 Å². The van der Waals surface area contributed by atoms with Crippen molar-refractivity contribution in [1.29, 1.82) is 0 Å². The zero-order chi connectivity index (χ0) is 13.1. The van der Waals surface area contributed by atoms with Gasteiger partial charge in [-0.25, -0.2) is 0 Å². The van der Waals surface area contributed by atoms with Crippen molar-refractivity contribution in [3.63, 3.8) is 0 Å². The molecule has 0 atom stereocenters. The number of ether oxygens (including phenoxy) is 3. The van der Waals surface area contributed by atoms with Gasteiger partial charge in [-0.15, -0.1) is 13.2 Å². The van der Waals surface area contributed by atoms with E-state index in [-0.39, 0.29) is 5.75 Å². The topological polar surface area (TPSA) is 27.7 Å². The van der Waals surface area contributed by atoms with Crippen LogP contribution in [-0.4, -0.2) is 20.1 Å². The number of methoxy groups -OCH3 is 1. The van der Waals surface area contributed by atoms with Gasteiger partial charge in [-0.1, -0.05) is 0 Å². The molecule has 0 unspecified atom stereocenters. The molecule has 8 heteroatoms. The summed E-state index contributed by atoms with van der Waals surface area (Å²) in [6, 6.07) is 2.82. The third-order valence-electron chi connectivity index (χ3n) is 1.59. The minimum absolute atomic E-state index is 0.0650. The smallest absolute Gasteiger partial charge is 0.497 e. The maximum Gasteiger partial charge on any atom is 0.573 e. The van der Waals surface area contributed by atoms with Crippen LogP contribution in [0.25, 0.3) is 0 Å². The molecule has 0 aliphatic heterocycles. The van der Waals surface area contributed by atoms with E-state index < -0.39 is 24.5 Å². The molecule has 1 aromatic carbocycles. The normalized spacial score (nSPS) is 11.5. The lowest BCUT2D eigenvalue weighted by Gasteiger charge is -2.14. The maximum absolute atomic E-state index is 12.0. The Morgan fingerprint density at radius 1 is 1.12 bits per heavy atom. The number of rotatable bonds is 4. The lowest BCUT2D eigenvalue weighted by Crippen LogP contribution is -2.18. The molecule has 0 bridgehead atoms. The highest BCUT2D eigenvalue weighted by Crippen LogP contribution is 2.35. The molecular formula is C9H7F5O3. The molecule has 1 aromatic rings. The van der Waals surface area contributed by atoms with E-state index in [1.54, 1.807) is 0 Å². The highest BCUT2D eigenvalue weighted by Gasteiger charge is 2.33. The first-order valence-electron chi connectivity index (χ1n) is 4.20. The van der Waals surface area contributed by atoms with Gasteiger partial charge in [0.05, 0.1) is 7.11 Å². The van der Waals surface area contributed by atoms with Gasteiger partial charge in [-0.2, -0.15) is 8.78 Å². The first-order valence-corrected chi connectivity index (χ1v) is 4.20. The Morgan fingerprint density at radius 3 is 2.24 bits per heavy atom. The van der Waals surface area contributed by atoms with Gasteiger partial charge in [0.15, 0.2) is 11.5 Å². The second-order valence-corrected chi connectivity index (χ2v) is 2.74. The molecule has 0 saturated heterocycles.